The van der Waals surface area contributed by atoms with Crippen molar-refractivity contribution >= 4 is 5.91 Å². The summed E-state index contributed by atoms with van der Waals surface area (Å²) in [6.07, 6.45) is -11.0. The van der Waals surface area contributed by atoms with E-state index in [9.17, 15) is 31.1 Å². The van der Waals surface area contributed by atoms with Gasteiger partial charge in [0.05, 0.1) is 11.1 Å². The van der Waals surface area contributed by atoms with E-state index in [0.717, 1.165) is 6.07 Å². The number of morpholine rings is 1. The minimum atomic E-state index is -4.96. The van der Waals surface area contributed by atoms with E-state index in [4.69, 9.17) is 4.74 Å². The number of alkyl halides is 6. The fraction of sp³-hybridized carbons (Fsp3) is 0.417. The van der Waals surface area contributed by atoms with E-state index < -0.39 is 47.7 Å². The van der Waals surface area contributed by atoms with Crippen molar-refractivity contribution in [3.63, 3.8) is 0 Å². The smallest absolute Gasteiger partial charge is 0.362 e. The maximum Gasteiger partial charge on any atom is 0.416 e. The summed E-state index contributed by atoms with van der Waals surface area (Å²) in [5, 5.41) is 2.30. The summed E-state index contributed by atoms with van der Waals surface area (Å²) in [6.45, 7) is -0.670. The van der Waals surface area contributed by atoms with Crippen molar-refractivity contribution in [3.05, 3.63) is 34.9 Å². The highest BCUT2D eigenvalue weighted by Crippen LogP contribution is 2.39. The molecular formula is C12H9F6NO2. The standard InChI is InChI=1S/C12H9F6NO2/c13-11(14,15)6-1-2-7(8(3-6)12(16,17)18)9-4-19-10(20)5-21-9/h1-3,9H,4-5H2,(H,19,20)/t9-/m1/s1. The van der Waals surface area contributed by atoms with Gasteiger partial charge in [-0.15, -0.1) is 0 Å². The number of hydrogen-bond acceptors (Lipinski definition) is 2. The Bertz CT molecular complexity index is 542. The maximum absolute atomic E-state index is 12.9. The first kappa shape index (κ1) is 15.6. The summed E-state index contributed by atoms with van der Waals surface area (Å²) in [4.78, 5) is 10.9. The molecule has 3 nitrogen and oxygen atoms in total. The Morgan fingerprint density at radius 2 is 1.76 bits per heavy atom. The lowest BCUT2D eigenvalue weighted by Crippen LogP contribution is -2.39. The Balaban J connectivity index is 2.43. The molecule has 0 bridgehead atoms. The number of carbonyl (C=O) groups excluding carboxylic acids is 1. The zero-order valence-electron chi connectivity index (χ0n) is 10.3. The van der Waals surface area contributed by atoms with Crippen LogP contribution in [-0.2, 0) is 21.9 Å². The molecule has 1 atom stereocenters. The Labute approximate surface area is 114 Å². The van der Waals surface area contributed by atoms with Crippen LogP contribution in [0.15, 0.2) is 18.2 Å². The summed E-state index contributed by atoms with van der Waals surface area (Å²) in [5.41, 5.74) is -3.24. The summed E-state index contributed by atoms with van der Waals surface area (Å²) in [5.74, 6) is -0.494. The molecule has 0 radical (unpaired) electrons. The molecule has 1 N–H and O–H groups in total. The molecule has 116 valence electrons. The van der Waals surface area contributed by atoms with Gasteiger partial charge in [-0.1, -0.05) is 6.07 Å². The fourth-order valence-electron chi connectivity index (χ4n) is 1.95. The number of ether oxygens (including phenoxy) is 1. The molecule has 1 aliphatic rings. The van der Waals surface area contributed by atoms with E-state index in [0.29, 0.717) is 6.07 Å². The molecule has 0 unspecified atom stereocenters. The number of amides is 1. The minimum absolute atomic E-state index is 0.0507. The molecular weight excluding hydrogens is 304 g/mol. The lowest BCUT2D eigenvalue weighted by Gasteiger charge is -2.26. The van der Waals surface area contributed by atoms with E-state index in [-0.39, 0.29) is 12.6 Å². The Kier molecular flexibility index (Phi) is 3.87. The van der Waals surface area contributed by atoms with E-state index in [1.807, 2.05) is 0 Å². The van der Waals surface area contributed by atoms with Gasteiger partial charge in [0.2, 0.25) is 5.91 Å². The van der Waals surface area contributed by atoms with Gasteiger partial charge in [-0.25, -0.2) is 0 Å². The van der Waals surface area contributed by atoms with Gasteiger partial charge in [0.15, 0.2) is 0 Å². The Hall–Kier alpha value is -1.77. The van der Waals surface area contributed by atoms with Crippen molar-refractivity contribution in [2.45, 2.75) is 18.5 Å². The number of benzene rings is 1. The van der Waals surface area contributed by atoms with Crippen molar-refractivity contribution in [2.24, 2.45) is 0 Å². The second kappa shape index (κ2) is 5.21. The second-order valence-electron chi connectivity index (χ2n) is 4.40. The molecule has 1 aromatic carbocycles. The van der Waals surface area contributed by atoms with Crippen LogP contribution < -0.4 is 5.32 Å². The van der Waals surface area contributed by atoms with Gasteiger partial charge in [0, 0.05) is 6.54 Å². The second-order valence-corrected chi connectivity index (χ2v) is 4.40. The van der Waals surface area contributed by atoms with Crippen LogP contribution in [0.3, 0.4) is 0 Å². The van der Waals surface area contributed by atoms with Crippen LogP contribution in [0.1, 0.15) is 22.8 Å². The lowest BCUT2D eigenvalue weighted by atomic mass is 9.98. The van der Waals surface area contributed by atoms with E-state index in [1.165, 1.54) is 0 Å². The molecule has 1 heterocycles. The van der Waals surface area contributed by atoms with Crippen molar-refractivity contribution in [2.75, 3.05) is 13.2 Å². The molecule has 1 saturated heterocycles. The zero-order chi connectivity index (χ0) is 15.8. The molecule has 1 fully saturated rings. The van der Waals surface area contributed by atoms with Crippen LogP contribution in [0.2, 0.25) is 0 Å². The van der Waals surface area contributed by atoms with Crippen LogP contribution in [-0.4, -0.2) is 19.1 Å². The topological polar surface area (TPSA) is 38.3 Å². The average Bonchev–Trinajstić information content (AvgIpc) is 2.37. The summed E-state index contributed by atoms with van der Waals surface area (Å²) in [6, 6.07) is 1.34. The van der Waals surface area contributed by atoms with Gasteiger partial charge in [-0.3, -0.25) is 4.79 Å². The van der Waals surface area contributed by atoms with Gasteiger partial charge in [-0.05, 0) is 17.7 Å². The number of nitrogens with one attached hydrogen (secondary N) is 1. The van der Waals surface area contributed by atoms with Gasteiger partial charge in [0.1, 0.15) is 12.7 Å². The van der Waals surface area contributed by atoms with Crippen molar-refractivity contribution < 1.29 is 35.9 Å². The molecule has 21 heavy (non-hydrogen) atoms. The third-order valence-electron chi connectivity index (χ3n) is 2.93. The van der Waals surface area contributed by atoms with Crippen LogP contribution in [0, 0.1) is 0 Å². The molecule has 1 aromatic rings. The van der Waals surface area contributed by atoms with Crippen LogP contribution in [0.4, 0.5) is 26.3 Å². The van der Waals surface area contributed by atoms with Crippen LogP contribution >= 0.6 is 0 Å². The minimum Gasteiger partial charge on any atom is -0.362 e. The molecule has 0 aromatic heterocycles. The summed E-state index contributed by atoms with van der Waals surface area (Å²) < 4.78 is 81.3. The third kappa shape index (κ3) is 3.46. The molecule has 1 aliphatic heterocycles. The lowest BCUT2D eigenvalue weighted by molar-refractivity contribution is -0.145. The largest absolute Gasteiger partial charge is 0.416 e. The zero-order valence-corrected chi connectivity index (χ0v) is 10.3. The number of rotatable bonds is 1. The van der Waals surface area contributed by atoms with Crippen molar-refractivity contribution in [1.82, 2.24) is 5.32 Å². The van der Waals surface area contributed by atoms with E-state index in [1.54, 1.807) is 0 Å². The molecule has 0 spiro atoms. The maximum atomic E-state index is 12.9. The van der Waals surface area contributed by atoms with Gasteiger partial charge >= 0.3 is 12.4 Å². The predicted molar refractivity (Wildman–Crippen MR) is 58.1 cm³/mol. The Morgan fingerprint density at radius 1 is 1.10 bits per heavy atom. The van der Waals surface area contributed by atoms with Gasteiger partial charge in [0.25, 0.3) is 0 Å². The summed E-state index contributed by atoms with van der Waals surface area (Å²) >= 11 is 0. The average molecular weight is 313 g/mol. The Morgan fingerprint density at radius 3 is 2.24 bits per heavy atom. The number of hydrogen-bond donors (Lipinski definition) is 1. The summed E-state index contributed by atoms with van der Waals surface area (Å²) in [7, 11) is 0. The quantitative estimate of drug-likeness (QED) is 0.810. The normalized spacial score (nSPS) is 20.3. The van der Waals surface area contributed by atoms with Crippen LogP contribution in [0.5, 0.6) is 0 Å². The highest BCUT2D eigenvalue weighted by atomic mass is 19.4. The van der Waals surface area contributed by atoms with Gasteiger partial charge in [-0.2, -0.15) is 26.3 Å². The third-order valence-corrected chi connectivity index (χ3v) is 2.93. The first-order valence-corrected chi connectivity index (χ1v) is 5.75. The molecule has 2 rings (SSSR count). The molecule has 0 aliphatic carbocycles. The predicted octanol–water partition coefficient (Wildman–Crippen LogP) is 2.91. The fourth-order valence-corrected chi connectivity index (χ4v) is 1.95. The van der Waals surface area contributed by atoms with Crippen molar-refractivity contribution in [1.29, 1.82) is 0 Å². The van der Waals surface area contributed by atoms with Crippen molar-refractivity contribution in [3.8, 4) is 0 Å². The van der Waals surface area contributed by atoms with E-state index >= 15 is 0 Å². The first-order chi connectivity index (χ1) is 9.59. The highest BCUT2D eigenvalue weighted by Gasteiger charge is 2.40. The molecule has 1 amide bonds. The highest BCUT2D eigenvalue weighted by molar-refractivity contribution is 5.77. The van der Waals surface area contributed by atoms with E-state index in [2.05, 4.69) is 5.32 Å². The number of halogens is 6. The monoisotopic (exact) mass is 313 g/mol. The van der Waals surface area contributed by atoms with Crippen LogP contribution in [0.25, 0.3) is 0 Å². The van der Waals surface area contributed by atoms with Gasteiger partial charge < -0.3 is 10.1 Å². The molecule has 9 heteroatoms. The SMILES string of the molecule is O=C1CO[C@@H](c2ccc(C(F)(F)F)cc2C(F)(F)F)CN1. The number of carbonyl (C=O) groups is 1. The first-order valence-electron chi connectivity index (χ1n) is 5.75. The molecule has 0 saturated carbocycles.